The fourth-order valence-corrected chi connectivity index (χ4v) is 8.45. The second-order valence-corrected chi connectivity index (χ2v) is 14.6. The summed E-state index contributed by atoms with van der Waals surface area (Å²) < 4.78 is 0. The summed E-state index contributed by atoms with van der Waals surface area (Å²) in [6.07, 6.45) is 0. The van der Waals surface area contributed by atoms with Gasteiger partial charge in [-0.2, -0.15) is 0 Å². The number of non-ortho nitro benzene ring substituents is 1. The minimum absolute atomic E-state index is 0.0129. The van der Waals surface area contributed by atoms with Crippen molar-refractivity contribution in [2.24, 2.45) is 9.98 Å². The lowest BCUT2D eigenvalue weighted by molar-refractivity contribution is -0.385. The fraction of sp³-hybridized carbons (Fsp3) is 0.0769. The van der Waals surface area contributed by atoms with E-state index in [1.165, 1.54) is 0 Å². The molecule has 5 heteroatoms. The summed E-state index contributed by atoms with van der Waals surface area (Å²) in [6, 6.07) is 63.3. The number of aryl methyl sites for hydroxylation is 2. The van der Waals surface area contributed by atoms with Crippen LogP contribution < -0.4 is 0 Å². The molecule has 0 unspecified atom stereocenters. The van der Waals surface area contributed by atoms with Gasteiger partial charge in [-0.15, -0.1) is 0 Å². The average Bonchev–Trinajstić information content (AvgIpc) is 3.54. The normalized spacial score (nSPS) is 13.6. The van der Waals surface area contributed by atoms with Crippen LogP contribution in [0.3, 0.4) is 0 Å². The molecular formula is C52H39N3O2. The van der Waals surface area contributed by atoms with Gasteiger partial charge in [0.15, 0.2) is 0 Å². The number of benzene rings is 8. The zero-order valence-corrected chi connectivity index (χ0v) is 31.7. The molecule has 8 aromatic rings. The van der Waals surface area contributed by atoms with Gasteiger partial charge >= 0.3 is 0 Å². The van der Waals surface area contributed by atoms with Gasteiger partial charge in [-0.3, -0.25) is 10.1 Å². The van der Waals surface area contributed by atoms with Crippen molar-refractivity contribution in [2.75, 3.05) is 0 Å². The third-order valence-corrected chi connectivity index (χ3v) is 11.0. The molecule has 0 spiro atoms. The second kappa shape index (κ2) is 15.1. The molecule has 1 aliphatic carbocycles. The van der Waals surface area contributed by atoms with E-state index in [9.17, 15) is 10.1 Å². The first-order chi connectivity index (χ1) is 28.0. The van der Waals surface area contributed by atoms with E-state index in [4.69, 9.17) is 9.98 Å². The summed E-state index contributed by atoms with van der Waals surface area (Å²) in [5.74, 6) is -0.757. The maximum Gasteiger partial charge on any atom is 0.270 e. The van der Waals surface area contributed by atoms with Crippen molar-refractivity contribution in [1.82, 2.24) is 0 Å². The standard InChI is InChI=1S/C52H39N3O2/c1-34-18-15-19-35(2)49(34)53-51-42-30-16-28-40-29-17-31-43(48(40)42)52(51)54-50-44(46(36-20-7-3-8-21-36)37-22-9-4-10-23-37)32-41(55(56)57)33-45(50)47(38-24-11-5-12-25-38)39-26-13-6-14-27-39/h3-33,46-47H,1-2H3. The van der Waals surface area contributed by atoms with Crippen LogP contribution in [0.15, 0.2) is 198 Å². The van der Waals surface area contributed by atoms with Gasteiger partial charge < -0.3 is 0 Å². The Morgan fingerprint density at radius 3 is 1.21 bits per heavy atom. The Balaban J connectivity index is 1.45. The highest BCUT2D eigenvalue weighted by Crippen LogP contribution is 2.48. The molecule has 0 aromatic heterocycles. The van der Waals surface area contributed by atoms with Crippen LogP contribution in [0.25, 0.3) is 10.8 Å². The van der Waals surface area contributed by atoms with Gasteiger partial charge in [0, 0.05) is 40.5 Å². The van der Waals surface area contributed by atoms with E-state index in [1.807, 2.05) is 72.8 Å². The highest BCUT2D eigenvalue weighted by atomic mass is 16.6. The molecule has 57 heavy (non-hydrogen) atoms. The molecule has 0 heterocycles. The zero-order chi connectivity index (χ0) is 38.9. The van der Waals surface area contributed by atoms with Crippen molar-refractivity contribution in [3.63, 3.8) is 0 Å². The highest BCUT2D eigenvalue weighted by molar-refractivity contribution is 6.61. The molecular weight excluding hydrogens is 699 g/mol. The second-order valence-electron chi connectivity index (χ2n) is 14.6. The predicted octanol–water partition coefficient (Wildman–Crippen LogP) is 13.0. The first kappa shape index (κ1) is 35.5. The Morgan fingerprint density at radius 2 is 0.825 bits per heavy atom. The van der Waals surface area contributed by atoms with Gasteiger partial charge in [-0.05, 0) is 63.7 Å². The van der Waals surface area contributed by atoms with Crippen LogP contribution in [0.4, 0.5) is 17.1 Å². The number of hydrogen-bond donors (Lipinski definition) is 0. The summed E-state index contributed by atoms with van der Waals surface area (Å²) in [5, 5.41) is 15.3. The molecule has 5 nitrogen and oxygen atoms in total. The van der Waals surface area contributed by atoms with Gasteiger partial charge in [-0.25, -0.2) is 9.98 Å². The Labute approximate surface area is 332 Å². The minimum Gasteiger partial charge on any atom is -0.258 e. The zero-order valence-electron chi connectivity index (χ0n) is 31.7. The maximum absolute atomic E-state index is 13.1. The number of nitro benzene ring substituents is 1. The number of nitro groups is 1. The van der Waals surface area contributed by atoms with Crippen LogP contribution in [-0.2, 0) is 0 Å². The molecule has 0 saturated heterocycles. The number of nitrogens with zero attached hydrogens (tertiary/aromatic N) is 3. The van der Waals surface area contributed by atoms with Crippen molar-refractivity contribution in [2.45, 2.75) is 25.7 Å². The lowest BCUT2D eigenvalue weighted by Gasteiger charge is -2.26. The van der Waals surface area contributed by atoms with Crippen LogP contribution in [0.1, 0.15) is 67.5 Å². The third-order valence-electron chi connectivity index (χ3n) is 11.0. The summed E-state index contributed by atoms with van der Waals surface area (Å²) in [4.78, 5) is 24.1. The van der Waals surface area contributed by atoms with Crippen molar-refractivity contribution in [1.29, 1.82) is 0 Å². The van der Waals surface area contributed by atoms with Crippen molar-refractivity contribution in [3.8, 4) is 0 Å². The van der Waals surface area contributed by atoms with Gasteiger partial charge in [0.2, 0.25) is 0 Å². The molecule has 0 amide bonds. The lowest BCUT2D eigenvalue weighted by Crippen LogP contribution is -2.14. The summed E-state index contributed by atoms with van der Waals surface area (Å²) in [7, 11) is 0. The molecule has 8 aromatic carbocycles. The van der Waals surface area contributed by atoms with Crippen LogP contribution in [-0.4, -0.2) is 16.3 Å². The Kier molecular flexibility index (Phi) is 9.41. The van der Waals surface area contributed by atoms with Gasteiger partial charge in [-0.1, -0.05) is 176 Å². The number of para-hydroxylation sites is 1. The fourth-order valence-electron chi connectivity index (χ4n) is 8.45. The Morgan fingerprint density at radius 1 is 0.456 bits per heavy atom. The van der Waals surface area contributed by atoms with E-state index in [1.54, 1.807) is 12.1 Å². The maximum atomic E-state index is 13.1. The van der Waals surface area contributed by atoms with E-state index >= 15 is 0 Å². The van der Waals surface area contributed by atoms with Gasteiger partial charge in [0.25, 0.3) is 5.69 Å². The van der Waals surface area contributed by atoms with Crippen molar-refractivity contribution >= 4 is 39.3 Å². The molecule has 0 fully saturated rings. The van der Waals surface area contributed by atoms with Crippen LogP contribution >= 0.6 is 0 Å². The lowest BCUT2D eigenvalue weighted by atomic mass is 9.78. The summed E-state index contributed by atoms with van der Waals surface area (Å²) in [6.45, 7) is 4.18. The SMILES string of the molecule is Cc1cccc(C)c1N=C1C(=Nc2c(C(c3ccccc3)c3ccccc3)cc([N+](=O)[O-])cc2C(c2ccccc2)c2ccccc2)c2cccc3cccc1c23. The molecule has 1 aliphatic rings. The van der Waals surface area contributed by atoms with Crippen molar-refractivity contribution in [3.05, 3.63) is 254 Å². The largest absolute Gasteiger partial charge is 0.270 e. The molecule has 0 saturated carbocycles. The van der Waals surface area contributed by atoms with E-state index in [2.05, 4.69) is 117 Å². The van der Waals surface area contributed by atoms with Gasteiger partial charge in [0.05, 0.1) is 27.7 Å². The van der Waals surface area contributed by atoms with E-state index in [0.717, 1.165) is 83.5 Å². The minimum atomic E-state index is -0.379. The molecule has 9 rings (SSSR count). The first-order valence-corrected chi connectivity index (χ1v) is 19.2. The molecule has 0 aliphatic heterocycles. The number of aliphatic imine (C=N–C) groups is 2. The number of hydrogen-bond acceptors (Lipinski definition) is 4. The quantitative estimate of drug-likeness (QED) is 0.0841. The van der Waals surface area contributed by atoms with Crippen molar-refractivity contribution < 1.29 is 4.92 Å². The van der Waals surface area contributed by atoms with Crippen LogP contribution in [0.2, 0.25) is 0 Å². The summed E-state index contributed by atoms with van der Waals surface area (Å²) in [5.41, 5.74) is 12.8. The van der Waals surface area contributed by atoms with Gasteiger partial charge in [0.1, 0.15) is 0 Å². The van der Waals surface area contributed by atoms with E-state index < -0.39 is 0 Å². The molecule has 0 radical (unpaired) electrons. The van der Waals surface area contributed by atoms with Crippen LogP contribution in [0, 0.1) is 24.0 Å². The molecule has 0 N–H and O–H groups in total. The molecule has 0 atom stereocenters. The number of rotatable bonds is 9. The Bertz CT molecular complexity index is 2620. The predicted molar refractivity (Wildman–Crippen MR) is 233 cm³/mol. The van der Waals surface area contributed by atoms with Crippen LogP contribution in [0.5, 0.6) is 0 Å². The average molecular weight is 738 g/mol. The highest BCUT2D eigenvalue weighted by Gasteiger charge is 2.33. The summed E-state index contributed by atoms with van der Waals surface area (Å²) >= 11 is 0. The Hall–Kier alpha value is -7.24. The third kappa shape index (κ3) is 6.64. The smallest absolute Gasteiger partial charge is 0.258 e. The van der Waals surface area contributed by atoms with E-state index in [0.29, 0.717) is 5.69 Å². The first-order valence-electron chi connectivity index (χ1n) is 19.2. The monoisotopic (exact) mass is 737 g/mol. The molecule has 274 valence electrons. The molecule has 0 bridgehead atoms. The topological polar surface area (TPSA) is 67.9 Å². The van der Waals surface area contributed by atoms with E-state index in [-0.39, 0.29) is 22.4 Å².